The van der Waals surface area contributed by atoms with Gasteiger partial charge in [-0.25, -0.2) is 15.2 Å². The van der Waals surface area contributed by atoms with Crippen molar-refractivity contribution in [3.63, 3.8) is 0 Å². The second-order valence-electron chi connectivity index (χ2n) is 5.88. The molecule has 1 fully saturated rings. The standard InChI is InChI=1S/C16H21N3O5/c1-10(2)13(14(20)18-23)19-15(21)12(17-16(19)22)9-24-8-11-6-4-3-5-7-11/h3-7,10,12-13,23H,8-9H2,1-2H3,(H,17,22)(H,18,20). The molecular formula is C16H21N3O5. The van der Waals surface area contributed by atoms with Gasteiger partial charge in [0.2, 0.25) is 0 Å². The third-order valence-electron chi connectivity index (χ3n) is 3.74. The molecule has 1 aliphatic heterocycles. The molecule has 8 nitrogen and oxygen atoms in total. The van der Waals surface area contributed by atoms with Crippen LogP contribution < -0.4 is 10.8 Å². The van der Waals surface area contributed by atoms with E-state index in [0.717, 1.165) is 10.5 Å². The average Bonchev–Trinajstić information content (AvgIpc) is 2.83. The highest BCUT2D eigenvalue weighted by Gasteiger charge is 2.45. The van der Waals surface area contributed by atoms with E-state index < -0.39 is 29.9 Å². The van der Waals surface area contributed by atoms with Gasteiger partial charge >= 0.3 is 6.03 Å². The summed E-state index contributed by atoms with van der Waals surface area (Å²) in [5.41, 5.74) is 2.45. The van der Waals surface area contributed by atoms with Gasteiger partial charge in [0.25, 0.3) is 11.8 Å². The average molecular weight is 335 g/mol. The smallest absolute Gasteiger partial charge is 0.325 e. The number of benzene rings is 1. The maximum Gasteiger partial charge on any atom is 0.325 e. The van der Waals surface area contributed by atoms with E-state index in [2.05, 4.69) is 5.32 Å². The van der Waals surface area contributed by atoms with Gasteiger partial charge < -0.3 is 10.1 Å². The Morgan fingerprint density at radius 1 is 1.33 bits per heavy atom. The van der Waals surface area contributed by atoms with E-state index in [9.17, 15) is 14.4 Å². The van der Waals surface area contributed by atoms with Crippen LogP contribution in [-0.2, 0) is 20.9 Å². The summed E-state index contributed by atoms with van der Waals surface area (Å²) >= 11 is 0. The van der Waals surface area contributed by atoms with Crippen LogP contribution >= 0.6 is 0 Å². The first-order chi connectivity index (χ1) is 11.5. The molecule has 2 rings (SSSR count). The molecule has 1 aromatic carbocycles. The predicted molar refractivity (Wildman–Crippen MR) is 83.8 cm³/mol. The Bertz CT molecular complexity index is 605. The molecule has 0 saturated carbocycles. The van der Waals surface area contributed by atoms with Crippen molar-refractivity contribution in [3.05, 3.63) is 35.9 Å². The Labute approximate surface area is 139 Å². The van der Waals surface area contributed by atoms with Crippen LogP contribution in [0, 0.1) is 5.92 Å². The first-order valence-corrected chi connectivity index (χ1v) is 7.65. The summed E-state index contributed by atoms with van der Waals surface area (Å²) in [4.78, 5) is 37.1. The molecule has 8 heteroatoms. The highest BCUT2D eigenvalue weighted by atomic mass is 16.5. The largest absolute Gasteiger partial charge is 0.374 e. The van der Waals surface area contributed by atoms with Crippen LogP contribution in [0.15, 0.2) is 30.3 Å². The number of nitrogens with one attached hydrogen (secondary N) is 2. The number of imide groups is 1. The van der Waals surface area contributed by atoms with Crippen LogP contribution in [0.1, 0.15) is 19.4 Å². The number of carbonyl (C=O) groups is 3. The molecule has 3 N–H and O–H groups in total. The van der Waals surface area contributed by atoms with Crippen molar-refractivity contribution >= 4 is 17.8 Å². The highest BCUT2D eigenvalue weighted by molar-refractivity contribution is 6.07. The highest BCUT2D eigenvalue weighted by Crippen LogP contribution is 2.18. The molecule has 2 unspecified atom stereocenters. The molecule has 4 amide bonds. The van der Waals surface area contributed by atoms with Gasteiger partial charge in [0.15, 0.2) is 0 Å². The summed E-state index contributed by atoms with van der Waals surface area (Å²) in [5.74, 6) is -1.70. The predicted octanol–water partition coefficient (Wildman–Crippen LogP) is 0.654. The van der Waals surface area contributed by atoms with E-state index in [0.29, 0.717) is 6.61 Å². The van der Waals surface area contributed by atoms with Crippen LogP contribution in [0.25, 0.3) is 0 Å². The third kappa shape index (κ3) is 3.90. The van der Waals surface area contributed by atoms with Gasteiger partial charge in [-0.15, -0.1) is 0 Å². The minimum atomic E-state index is -1.08. The number of ether oxygens (including phenoxy) is 1. The SMILES string of the molecule is CC(C)C(C(=O)NO)N1C(=O)NC(COCc2ccccc2)C1=O. The normalized spacial score (nSPS) is 18.7. The molecule has 0 aromatic heterocycles. The summed E-state index contributed by atoms with van der Waals surface area (Å²) in [7, 11) is 0. The van der Waals surface area contributed by atoms with Crippen molar-refractivity contribution in [2.24, 2.45) is 5.92 Å². The lowest BCUT2D eigenvalue weighted by molar-refractivity contribution is -0.142. The van der Waals surface area contributed by atoms with Crippen molar-refractivity contribution in [3.8, 4) is 0 Å². The fourth-order valence-electron chi connectivity index (χ4n) is 2.58. The minimum absolute atomic E-state index is 0.00151. The lowest BCUT2D eigenvalue weighted by Gasteiger charge is -2.26. The molecule has 1 aliphatic rings. The number of rotatable bonds is 7. The molecule has 0 aliphatic carbocycles. The van der Waals surface area contributed by atoms with Crippen molar-refractivity contribution in [2.75, 3.05) is 6.61 Å². The van der Waals surface area contributed by atoms with E-state index >= 15 is 0 Å². The second-order valence-corrected chi connectivity index (χ2v) is 5.88. The molecule has 1 heterocycles. The fourth-order valence-corrected chi connectivity index (χ4v) is 2.58. The molecule has 0 spiro atoms. The summed E-state index contributed by atoms with van der Waals surface area (Å²) in [6.07, 6.45) is 0. The van der Waals surface area contributed by atoms with E-state index in [-0.39, 0.29) is 12.5 Å². The lowest BCUT2D eigenvalue weighted by atomic mass is 10.0. The first-order valence-electron chi connectivity index (χ1n) is 7.65. The number of hydrogen-bond donors (Lipinski definition) is 3. The molecule has 130 valence electrons. The van der Waals surface area contributed by atoms with Gasteiger partial charge in [-0.05, 0) is 11.5 Å². The zero-order valence-corrected chi connectivity index (χ0v) is 13.6. The lowest BCUT2D eigenvalue weighted by Crippen LogP contribution is -2.52. The number of urea groups is 1. The zero-order chi connectivity index (χ0) is 17.7. The molecule has 1 aromatic rings. The Kier molecular flexibility index (Phi) is 5.88. The number of hydrogen-bond acceptors (Lipinski definition) is 5. The summed E-state index contributed by atoms with van der Waals surface area (Å²) < 4.78 is 5.49. The fraction of sp³-hybridized carbons (Fsp3) is 0.438. The molecule has 0 radical (unpaired) electrons. The Morgan fingerprint density at radius 2 is 2.00 bits per heavy atom. The van der Waals surface area contributed by atoms with Gasteiger partial charge in [-0.1, -0.05) is 44.2 Å². The van der Waals surface area contributed by atoms with E-state index in [1.54, 1.807) is 13.8 Å². The number of carbonyl (C=O) groups excluding carboxylic acids is 3. The van der Waals surface area contributed by atoms with Crippen LogP contribution in [0.3, 0.4) is 0 Å². The van der Waals surface area contributed by atoms with E-state index in [1.165, 1.54) is 5.48 Å². The zero-order valence-electron chi connectivity index (χ0n) is 13.6. The quantitative estimate of drug-likeness (QED) is 0.385. The maximum atomic E-state index is 12.4. The summed E-state index contributed by atoms with van der Waals surface area (Å²) in [6.45, 7) is 3.67. The molecule has 1 saturated heterocycles. The van der Waals surface area contributed by atoms with E-state index in [1.807, 2.05) is 30.3 Å². The maximum absolute atomic E-state index is 12.4. The molecular weight excluding hydrogens is 314 g/mol. The van der Waals surface area contributed by atoms with Crippen LogP contribution in [0.2, 0.25) is 0 Å². The van der Waals surface area contributed by atoms with Crippen molar-refractivity contribution in [1.82, 2.24) is 15.7 Å². The van der Waals surface area contributed by atoms with Crippen molar-refractivity contribution in [1.29, 1.82) is 0 Å². The monoisotopic (exact) mass is 335 g/mol. The summed E-state index contributed by atoms with van der Waals surface area (Å²) in [6, 6.07) is 6.82. The van der Waals surface area contributed by atoms with Crippen LogP contribution in [0.4, 0.5) is 4.79 Å². The molecule has 0 bridgehead atoms. The second kappa shape index (κ2) is 7.89. The van der Waals surface area contributed by atoms with Gasteiger partial charge in [0.1, 0.15) is 12.1 Å². The Morgan fingerprint density at radius 3 is 2.58 bits per heavy atom. The van der Waals surface area contributed by atoms with E-state index in [4.69, 9.17) is 9.94 Å². The van der Waals surface area contributed by atoms with Crippen molar-refractivity contribution < 1.29 is 24.3 Å². The third-order valence-corrected chi connectivity index (χ3v) is 3.74. The number of hydroxylamine groups is 1. The number of nitrogens with zero attached hydrogens (tertiary/aromatic N) is 1. The van der Waals surface area contributed by atoms with Gasteiger partial charge in [0.05, 0.1) is 13.2 Å². The first kappa shape index (κ1) is 17.9. The van der Waals surface area contributed by atoms with Crippen molar-refractivity contribution in [2.45, 2.75) is 32.5 Å². The summed E-state index contributed by atoms with van der Waals surface area (Å²) in [5, 5.41) is 11.3. The molecule has 24 heavy (non-hydrogen) atoms. The van der Waals surface area contributed by atoms with Gasteiger partial charge in [-0.3, -0.25) is 14.8 Å². The Balaban J connectivity index is 1.98. The van der Waals surface area contributed by atoms with Gasteiger partial charge in [-0.2, -0.15) is 0 Å². The topological polar surface area (TPSA) is 108 Å². The van der Waals surface area contributed by atoms with Crippen LogP contribution in [0.5, 0.6) is 0 Å². The molecule has 2 atom stereocenters. The van der Waals surface area contributed by atoms with Crippen LogP contribution in [-0.4, -0.2) is 46.6 Å². The Hall–Kier alpha value is -2.45. The number of amides is 4. The minimum Gasteiger partial charge on any atom is -0.374 e. The van der Waals surface area contributed by atoms with Gasteiger partial charge in [0, 0.05) is 0 Å².